The topological polar surface area (TPSA) is 53.4 Å². The predicted molar refractivity (Wildman–Crippen MR) is 120 cm³/mol. The lowest BCUT2D eigenvalue weighted by Crippen LogP contribution is -2.26. The van der Waals surface area contributed by atoms with Crippen molar-refractivity contribution < 1.29 is 14.3 Å². The summed E-state index contributed by atoms with van der Waals surface area (Å²) in [5.41, 5.74) is 2.58. The first kappa shape index (κ1) is 22.0. The zero-order valence-electron chi connectivity index (χ0n) is 18.4. The van der Waals surface area contributed by atoms with Crippen molar-refractivity contribution in [2.24, 2.45) is 0 Å². The van der Waals surface area contributed by atoms with Crippen LogP contribution in [0.25, 0.3) is 0 Å². The Balaban J connectivity index is 1.88. The van der Waals surface area contributed by atoms with Gasteiger partial charge in [0.25, 0.3) is 0 Å². The Bertz CT molecular complexity index is 1020. The molecule has 0 saturated carbocycles. The van der Waals surface area contributed by atoms with E-state index in [4.69, 9.17) is 9.47 Å². The standard InChI is InChI=1S/C24H28N2O3S/c1-16-7-13-20(14-8-16)30-22-17(2)25-26(24(3,4)5)23(22)29-21(27)15-18-9-11-19(28-6)12-10-18/h7-14H,15H2,1-6H3. The molecule has 0 aliphatic carbocycles. The van der Waals surface area contributed by atoms with Crippen LogP contribution in [-0.2, 0) is 16.8 Å². The van der Waals surface area contributed by atoms with Crippen LogP contribution in [0.5, 0.6) is 11.6 Å². The number of carbonyl (C=O) groups is 1. The number of rotatable bonds is 6. The van der Waals surface area contributed by atoms with Crippen molar-refractivity contribution in [1.82, 2.24) is 9.78 Å². The fourth-order valence-corrected chi connectivity index (χ4v) is 3.84. The van der Waals surface area contributed by atoms with Gasteiger partial charge >= 0.3 is 5.97 Å². The number of methoxy groups -OCH3 is 1. The van der Waals surface area contributed by atoms with Crippen LogP contribution in [0.3, 0.4) is 0 Å². The van der Waals surface area contributed by atoms with E-state index < -0.39 is 0 Å². The molecule has 0 atom stereocenters. The Morgan fingerprint density at radius 2 is 1.67 bits per heavy atom. The van der Waals surface area contributed by atoms with Crippen LogP contribution in [0, 0.1) is 13.8 Å². The van der Waals surface area contributed by atoms with E-state index in [9.17, 15) is 4.79 Å². The van der Waals surface area contributed by atoms with Gasteiger partial charge in [-0.1, -0.05) is 41.6 Å². The molecule has 0 N–H and O–H groups in total. The molecule has 30 heavy (non-hydrogen) atoms. The summed E-state index contributed by atoms with van der Waals surface area (Å²) in [6.07, 6.45) is 0.174. The molecule has 3 aromatic rings. The molecule has 3 rings (SSSR count). The van der Waals surface area contributed by atoms with Crippen LogP contribution in [0.4, 0.5) is 0 Å². The van der Waals surface area contributed by atoms with Gasteiger partial charge in [-0.2, -0.15) is 5.10 Å². The summed E-state index contributed by atoms with van der Waals surface area (Å²) in [4.78, 5) is 14.7. The highest BCUT2D eigenvalue weighted by molar-refractivity contribution is 7.99. The molecule has 0 saturated heterocycles. The minimum Gasteiger partial charge on any atom is -0.497 e. The third-order valence-corrected chi connectivity index (χ3v) is 5.74. The Hall–Kier alpha value is -2.73. The lowest BCUT2D eigenvalue weighted by atomic mass is 10.1. The normalized spacial score (nSPS) is 11.4. The van der Waals surface area contributed by atoms with E-state index in [1.54, 1.807) is 23.6 Å². The second-order valence-corrected chi connectivity index (χ2v) is 9.30. The molecule has 158 valence electrons. The summed E-state index contributed by atoms with van der Waals surface area (Å²) >= 11 is 1.56. The monoisotopic (exact) mass is 424 g/mol. The van der Waals surface area contributed by atoms with Crippen molar-refractivity contribution in [2.75, 3.05) is 7.11 Å². The van der Waals surface area contributed by atoms with Gasteiger partial charge in [0, 0.05) is 4.90 Å². The predicted octanol–water partition coefficient (Wildman–Crippen LogP) is 5.56. The first-order valence-corrected chi connectivity index (χ1v) is 10.7. The first-order chi connectivity index (χ1) is 14.2. The fraction of sp³-hybridized carbons (Fsp3) is 0.333. The molecule has 1 aromatic heterocycles. The number of hydrogen-bond acceptors (Lipinski definition) is 5. The molecule has 0 fully saturated rings. The molecule has 0 aliphatic rings. The van der Waals surface area contributed by atoms with E-state index in [0.29, 0.717) is 5.88 Å². The van der Waals surface area contributed by atoms with Gasteiger partial charge in [0.1, 0.15) is 5.75 Å². The molecule has 0 spiro atoms. The SMILES string of the molecule is COc1ccc(CC(=O)Oc2c(Sc3ccc(C)cc3)c(C)nn2C(C)(C)C)cc1. The minimum atomic E-state index is -0.327. The van der Waals surface area contributed by atoms with Gasteiger partial charge in [0.05, 0.1) is 29.7 Å². The molecule has 2 aromatic carbocycles. The average molecular weight is 425 g/mol. The van der Waals surface area contributed by atoms with E-state index in [1.807, 2.05) is 52.0 Å². The van der Waals surface area contributed by atoms with E-state index in [-0.39, 0.29) is 17.9 Å². The largest absolute Gasteiger partial charge is 0.497 e. The summed E-state index contributed by atoms with van der Waals surface area (Å²) in [6.45, 7) is 10.1. The summed E-state index contributed by atoms with van der Waals surface area (Å²) in [6, 6.07) is 15.7. The lowest BCUT2D eigenvalue weighted by Gasteiger charge is -2.22. The van der Waals surface area contributed by atoms with Crippen LogP contribution >= 0.6 is 11.8 Å². The molecular formula is C24H28N2O3S. The van der Waals surface area contributed by atoms with Crippen LogP contribution in [-0.4, -0.2) is 22.9 Å². The van der Waals surface area contributed by atoms with Gasteiger partial charge in [0.2, 0.25) is 5.88 Å². The average Bonchev–Trinajstić information content (AvgIpc) is 3.00. The Kier molecular flexibility index (Phi) is 6.56. The second kappa shape index (κ2) is 8.96. The van der Waals surface area contributed by atoms with Gasteiger partial charge in [-0.05, 0) is 64.4 Å². The van der Waals surface area contributed by atoms with E-state index in [2.05, 4.69) is 36.3 Å². The highest BCUT2D eigenvalue weighted by Crippen LogP contribution is 2.40. The van der Waals surface area contributed by atoms with Crippen LogP contribution < -0.4 is 9.47 Å². The van der Waals surface area contributed by atoms with E-state index in [0.717, 1.165) is 26.8 Å². The van der Waals surface area contributed by atoms with Crippen molar-refractivity contribution in [3.63, 3.8) is 0 Å². The Morgan fingerprint density at radius 1 is 1.03 bits per heavy atom. The van der Waals surface area contributed by atoms with Crippen molar-refractivity contribution in [3.05, 3.63) is 65.4 Å². The van der Waals surface area contributed by atoms with Gasteiger partial charge in [-0.25, -0.2) is 4.68 Å². The van der Waals surface area contributed by atoms with Crippen LogP contribution in [0.2, 0.25) is 0 Å². The number of aromatic nitrogens is 2. The van der Waals surface area contributed by atoms with E-state index in [1.165, 1.54) is 5.56 Å². The maximum Gasteiger partial charge on any atom is 0.317 e. The highest BCUT2D eigenvalue weighted by Gasteiger charge is 2.27. The minimum absolute atomic E-state index is 0.174. The molecule has 0 aliphatic heterocycles. The number of benzene rings is 2. The van der Waals surface area contributed by atoms with Crippen molar-refractivity contribution >= 4 is 17.7 Å². The Labute approximate surface area is 182 Å². The molecule has 5 nitrogen and oxygen atoms in total. The van der Waals surface area contributed by atoms with Gasteiger partial charge in [-0.15, -0.1) is 0 Å². The molecule has 6 heteroatoms. The molecule has 0 unspecified atom stereocenters. The molecular weight excluding hydrogens is 396 g/mol. The number of ether oxygens (including phenoxy) is 2. The van der Waals surface area contributed by atoms with E-state index >= 15 is 0 Å². The smallest absolute Gasteiger partial charge is 0.317 e. The van der Waals surface area contributed by atoms with Crippen LogP contribution in [0.1, 0.15) is 37.6 Å². The zero-order chi connectivity index (χ0) is 21.9. The number of nitrogens with zero attached hydrogens (tertiary/aromatic N) is 2. The molecule has 0 bridgehead atoms. The third-order valence-electron chi connectivity index (χ3n) is 4.56. The quantitative estimate of drug-likeness (QED) is 0.485. The van der Waals surface area contributed by atoms with Crippen molar-refractivity contribution in [1.29, 1.82) is 0 Å². The second-order valence-electron chi connectivity index (χ2n) is 8.22. The Morgan fingerprint density at radius 3 is 2.23 bits per heavy atom. The lowest BCUT2D eigenvalue weighted by molar-refractivity contribution is -0.134. The molecule has 0 amide bonds. The molecule has 0 radical (unpaired) electrons. The third kappa shape index (κ3) is 5.25. The summed E-state index contributed by atoms with van der Waals surface area (Å²) in [5, 5.41) is 4.68. The van der Waals surface area contributed by atoms with Gasteiger partial charge < -0.3 is 9.47 Å². The van der Waals surface area contributed by atoms with Gasteiger partial charge in [0.15, 0.2) is 0 Å². The maximum atomic E-state index is 12.8. The number of aryl methyl sites for hydroxylation is 2. The molecule has 1 heterocycles. The summed E-state index contributed by atoms with van der Waals surface area (Å²) < 4.78 is 12.9. The zero-order valence-corrected chi connectivity index (χ0v) is 19.2. The summed E-state index contributed by atoms with van der Waals surface area (Å²) in [5.74, 6) is 0.922. The number of carbonyl (C=O) groups excluding carboxylic acids is 1. The number of esters is 1. The van der Waals surface area contributed by atoms with Crippen molar-refractivity contribution in [3.8, 4) is 11.6 Å². The summed E-state index contributed by atoms with van der Waals surface area (Å²) in [7, 11) is 1.62. The number of hydrogen-bond donors (Lipinski definition) is 0. The van der Waals surface area contributed by atoms with Crippen molar-refractivity contribution in [2.45, 2.75) is 56.4 Å². The van der Waals surface area contributed by atoms with Gasteiger partial charge in [-0.3, -0.25) is 4.79 Å². The fourth-order valence-electron chi connectivity index (χ4n) is 2.93. The van der Waals surface area contributed by atoms with Crippen LogP contribution in [0.15, 0.2) is 58.3 Å². The maximum absolute atomic E-state index is 12.8. The highest BCUT2D eigenvalue weighted by atomic mass is 32.2. The first-order valence-electron chi connectivity index (χ1n) is 9.85.